The van der Waals surface area contributed by atoms with Gasteiger partial charge in [0.15, 0.2) is 0 Å². The quantitative estimate of drug-likeness (QED) is 0.461. The van der Waals surface area contributed by atoms with Crippen LogP contribution in [0, 0.1) is 0 Å². The van der Waals surface area contributed by atoms with Gasteiger partial charge in [-0.05, 0) is 42.0 Å². The van der Waals surface area contributed by atoms with Gasteiger partial charge in [-0.15, -0.1) is 11.8 Å². The molecular formula is C24H29Cl2N3O5S2. The second-order valence-electron chi connectivity index (χ2n) is 8.56. The van der Waals surface area contributed by atoms with Gasteiger partial charge < -0.3 is 14.8 Å². The molecule has 1 unspecified atom stereocenters. The minimum atomic E-state index is -3.53. The smallest absolute Gasteiger partial charge is 0.243 e. The van der Waals surface area contributed by atoms with Crippen molar-refractivity contribution in [3.8, 4) is 0 Å². The van der Waals surface area contributed by atoms with Crippen molar-refractivity contribution in [1.82, 2.24) is 14.5 Å². The van der Waals surface area contributed by atoms with E-state index in [0.717, 1.165) is 23.5 Å². The number of benzene rings is 2. The minimum absolute atomic E-state index is 0.0971. The van der Waals surface area contributed by atoms with Crippen molar-refractivity contribution in [1.29, 1.82) is 0 Å². The molecule has 2 aliphatic heterocycles. The number of carbonyl (C=O) groups is 1. The number of nitrogens with one attached hydrogen (secondary N) is 1. The molecule has 2 saturated heterocycles. The summed E-state index contributed by atoms with van der Waals surface area (Å²) in [6, 6.07) is 12.3. The van der Waals surface area contributed by atoms with Crippen molar-refractivity contribution >= 4 is 50.9 Å². The predicted octanol–water partition coefficient (Wildman–Crippen LogP) is 3.12. The van der Waals surface area contributed by atoms with Crippen molar-refractivity contribution in [2.75, 3.05) is 58.3 Å². The summed E-state index contributed by atoms with van der Waals surface area (Å²) in [6.45, 7) is 4.79. The van der Waals surface area contributed by atoms with Crippen LogP contribution in [0.4, 0.5) is 0 Å². The van der Waals surface area contributed by atoms with Crippen LogP contribution in [0.3, 0.4) is 0 Å². The summed E-state index contributed by atoms with van der Waals surface area (Å²) < 4.78 is 37.9. The zero-order valence-corrected chi connectivity index (χ0v) is 22.8. The highest BCUT2D eigenvalue weighted by Gasteiger charge is 2.26. The fraction of sp³-hybridized carbons (Fsp3) is 0.458. The molecule has 196 valence electrons. The summed E-state index contributed by atoms with van der Waals surface area (Å²) in [5, 5.41) is 4.01. The van der Waals surface area contributed by atoms with E-state index in [0.29, 0.717) is 56.0 Å². The Hall–Kier alpha value is -1.37. The molecule has 36 heavy (non-hydrogen) atoms. The number of hydrogen-bond donors (Lipinski definition) is 1. The standard InChI is InChI=1S/C24H29Cl2N3O5S2/c25-22-6-1-18(13-23(22)26)15-28-7-12-34-19(16-28)14-27-24(30)17-35-20-2-4-21(5-3-20)36(31,32)29-8-10-33-11-9-29/h1-6,13,19H,7-12,14-17H2,(H,27,30). The van der Waals surface area contributed by atoms with Crippen LogP contribution in [0.5, 0.6) is 0 Å². The lowest BCUT2D eigenvalue weighted by atomic mass is 10.2. The van der Waals surface area contributed by atoms with Crippen molar-refractivity contribution in [3.05, 3.63) is 58.1 Å². The Morgan fingerprint density at radius 3 is 2.50 bits per heavy atom. The number of halogens is 2. The third kappa shape index (κ3) is 7.58. The Morgan fingerprint density at radius 1 is 1.03 bits per heavy atom. The van der Waals surface area contributed by atoms with E-state index in [4.69, 9.17) is 32.7 Å². The van der Waals surface area contributed by atoms with E-state index in [-0.39, 0.29) is 22.7 Å². The molecule has 2 aromatic carbocycles. The summed E-state index contributed by atoms with van der Waals surface area (Å²) in [4.78, 5) is 15.7. The number of sulfonamides is 1. The lowest BCUT2D eigenvalue weighted by molar-refractivity contribution is -0.119. The highest BCUT2D eigenvalue weighted by molar-refractivity contribution is 8.00. The van der Waals surface area contributed by atoms with Crippen molar-refractivity contribution < 1.29 is 22.7 Å². The van der Waals surface area contributed by atoms with Gasteiger partial charge in [0.25, 0.3) is 0 Å². The number of hydrogen-bond acceptors (Lipinski definition) is 7. The van der Waals surface area contributed by atoms with Gasteiger partial charge in [-0.3, -0.25) is 9.69 Å². The molecule has 0 radical (unpaired) electrons. The van der Waals surface area contributed by atoms with Gasteiger partial charge in [-0.1, -0.05) is 29.3 Å². The summed E-state index contributed by atoms with van der Waals surface area (Å²) in [5.41, 5.74) is 1.08. The third-order valence-electron chi connectivity index (χ3n) is 5.94. The number of carbonyl (C=O) groups excluding carboxylic acids is 1. The molecule has 2 fully saturated rings. The van der Waals surface area contributed by atoms with Gasteiger partial charge >= 0.3 is 0 Å². The predicted molar refractivity (Wildman–Crippen MR) is 141 cm³/mol. The maximum absolute atomic E-state index is 12.7. The van der Waals surface area contributed by atoms with Crippen molar-refractivity contribution in [2.45, 2.75) is 22.4 Å². The van der Waals surface area contributed by atoms with E-state index in [9.17, 15) is 13.2 Å². The SMILES string of the molecule is O=C(CSc1ccc(S(=O)(=O)N2CCOCC2)cc1)NCC1CN(Cc2ccc(Cl)c(Cl)c2)CCO1. The number of rotatable bonds is 9. The Bertz CT molecular complexity index is 1140. The molecule has 1 N–H and O–H groups in total. The van der Waals surface area contributed by atoms with Crippen LogP contribution in [0.1, 0.15) is 5.56 Å². The van der Waals surface area contributed by atoms with Crippen LogP contribution >= 0.6 is 35.0 Å². The van der Waals surface area contributed by atoms with E-state index in [1.54, 1.807) is 30.3 Å². The molecule has 0 spiro atoms. The molecule has 0 saturated carbocycles. The molecule has 0 aromatic heterocycles. The second kappa shape index (κ2) is 12.9. The van der Waals surface area contributed by atoms with Crippen molar-refractivity contribution in [3.63, 3.8) is 0 Å². The summed E-state index contributed by atoms with van der Waals surface area (Å²) in [7, 11) is -3.53. The molecule has 2 heterocycles. The van der Waals surface area contributed by atoms with E-state index in [2.05, 4.69) is 10.2 Å². The molecule has 1 amide bonds. The maximum atomic E-state index is 12.7. The molecule has 2 aliphatic rings. The zero-order chi connectivity index (χ0) is 25.5. The lowest BCUT2D eigenvalue weighted by Gasteiger charge is -2.33. The highest BCUT2D eigenvalue weighted by Crippen LogP contribution is 2.24. The fourth-order valence-corrected chi connectivity index (χ4v) is 6.47. The molecule has 1 atom stereocenters. The second-order valence-corrected chi connectivity index (χ2v) is 12.4. The summed E-state index contributed by atoms with van der Waals surface area (Å²) in [6.07, 6.45) is -0.0971. The first-order chi connectivity index (χ1) is 17.3. The van der Waals surface area contributed by atoms with Gasteiger partial charge in [0.2, 0.25) is 15.9 Å². The van der Waals surface area contributed by atoms with Crippen molar-refractivity contribution in [2.24, 2.45) is 0 Å². The number of thioether (sulfide) groups is 1. The first kappa shape index (κ1) is 27.7. The van der Waals surface area contributed by atoms with Crippen LogP contribution in [0.2, 0.25) is 10.0 Å². The number of nitrogens with zero attached hydrogens (tertiary/aromatic N) is 2. The van der Waals surface area contributed by atoms with E-state index in [1.165, 1.54) is 16.1 Å². The van der Waals surface area contributed by atoms with Crippen LogP contribution in [0.25, 0.3) is 0 Å². The van der Waals surface area contributed by atoms with Crippen LogP contribution in [0.15, 0.2) is 52.3 Å². The van der Waals surface area contributed by atoms with E-state index >= 15 is 0 Å². The Kier molecular flexibility index (Phi) is 9.93. The highest BCUT2D eigenvalue weighted by atomic mass is 35.5. The maximum Gasteiger partial charge on any atom is 0.243 e. The first-order valence-electron chi connectivity index (χ1n) is 11.7. The van der Waals surface area contributed by atoms with Crippen LogP contribution in [-0.2, 0) is 30.8 Å². The topological polar surface area (TPSA) is 88.2 Å². The van der Waals surface area contributed by atoms with Crippen LogP contribution < -0.4 is 5.32 Å². The van der Waals surface area contributed by atoms with Gasteiger partial charge in [0.05, 0.1) is 46.6 Å². The van der Waals surface area contributed by atoms with E-state index < -0.39 is 10.0 Å². The largest absolute Gasteiger partial charge is 0.379 e. The van der Waals surface area contributed by atoms with Gasteiger partial charge in [-0.2, -0.15) is 4.31 Å². The Balaban J connectivity index is 1.20. The lowest BCUT2D eigenvalue weighted by Crippen LogP contribution is -2.47. The monoisotopic (exact) mass is 573 g/mol. The molecule has 12 heteroatoms. The number of amides is 1. The summed E-state index contributed by atoms with van der Waals surface area (Å²) >= 11 is 13.5. The van der Waals surface area contributed by atoms with Crippen LogP contribution in [-0.4, -0.2) is 87.9 Å². The van der Waals surface area contributed by atoms with E-state index in [1.807, 2.05) is 12.1 Å². The van der Waals surface area contributed by atoms with Gasteiger partial charge in [0, 0.05) is 44.2 Å². The average Bonchev–Trinajstić information content (AvgIpc) is 2.89. The average molecular weight is 575 g/mol. The molecule has 4 rings (SSSR count). The number of ether oxygens (including phenoxy) is 2. The third-order valence-corrected chi connectivity index (χ3v) is 9.61. The Labute approximate surface area is 226 Å². The fourth-order valence-electron chi connectivity index (χ4n) is 4.02. The molecule has 0 bridgehead atoms. The molecule has 0 aliphatic carbocycles. The minimum Gasteiger partial charge on any atom is -0.379 e. The molecule has 8 nitrogen and oxygen atoms in total. The zero-order valence-electron chi connectivity index (χ0n) is 19.7. The molecule has 2 aromatic rings. The summed E-state index contributed by atoms with van der Waals surface area (Å²) in [5.74, 6) is 0.130. The Morgan fingerprint density at radius 2 is 1.78 bits per heavy atom. The first-order valence-corrected chi connectivity index (χ1v) is 14.8. The molecular weight excluding hydrogens is 545 g/mol. The number of morpholine rings is 2. The van der Waals surface area contributed by atoms with Gasteiger partial charge in [0.1, 0.15) is 0 Å². The van der Waals surface area contributed by atoms with Gasteiger partial charge in [-0.25, -0.2) is 8.42 Å². The normalized spacial score (nSPS) is 19.8.